The minimum absolute atomic E-state index is 0.290. The van der Waals surface area contributed by atoms with E-state index in [1.807, 2.05) is 18.2 Å². The second-order valence-corrected chi connectivity index (χ2v) is 8.46. The van der Waals surface area contributed by atoms with Crippen molar-refractivity contribution < 1.29 is 8.42 Å². The van der Waals surface area contributed by atoms with Crippen molar-refractivity contribution in [3.63, 3.8) is 0 Å². The van der Waals surface area contributed by atoms with E-state index in [2.05, 4.69) is 33.1 Å². The van der Waals surface area contributed by atoms with Gasteiger partial charge < -0.3 is 4.90 Å². The van der Waals surface area contributed by atoms with Crippen molar-refractivity contribution >= 4 is 32.1 Å². The van der Waals surface area contributed by atoms with Crippen LogP contribution in [0.5, 0.6) is 0 Å². The molecule has 3 aromatic rings. The molecule has 0 amide bonds. The minimum atomic E-state index is -3.27. The van der Waals surface area contributed by atoms with Gasteiger partial charge in [0.2, 0.25) is 0 Å². The Morgan fingerprint density at radius 1 is 1.04 bits per heavy atom. The lowest BCUT2D eigenvalue weighted by Crippen LogP contribution is -2.29. The first-order valence-corrected chi connectivity index (χ1v) is 10.4. The van der Waals surface area contributed by atoms with E-state index in [-0.39, 0.29) is 0 Å². The Hall–Kier alpha value is -2.73. The van der Waals surface area contributed by atoms with Crippen molar-refractivity contribution in [1.29, 1.82) is 0 Å². The Balaban J connectivity index is 1.70. The number of hydrogen-bond acceptors (Lipinski definition) is 5. The fourth-order valence-electron chi connectivity index (χ4n) is 3.28. The summed E-state index contributed by atoms with van der Waals surface area (Å²) in [4.78, 5) is 11.2. The Labute approximate surface area is 152 Å². The lowest BCUT2D eigenvalue weighted by Gasteiger charge is -2.28. The summed E-state index contributed by atoms with van der Waals surface area (Å²) in [6.07, 6.45) is 5.89. The number of anilines is 1. The average Bonchev–Trinajstić information content (AvgIpc) is 2.67. The molecule has 1 aromatic heterocycles. The summed E-state index contributed by atoms with van der Waals surface area (Å²) in [7, 11) is -3.27. The van der Waals surface area contributed by atoms with Crippen LogP contribution in [0.1, 0.15) is 12.0 Å². The summed E-state index contributed by atoms with van der Waals surface area (Å²) in [6.45, 7) is 1.56. The Morgan fingerprint density at radius 2 is 1.85 bits per heavy atom. The highest BCUT2D eigenvalue weighted by Gasteiger charge is 2.18. The first-order valence-electron chi connectivity index (χ1n) is 8.46. The summed E-state index contributed by atoms with van der Waals surface area (Å²) >= 11 is 0. The molecule has 0 N–H and O–H groups in total. The molecule has 6 heteroatoms. The van der Waals surface area contributed by atoms with Gasteiger partial charge in [-0.05, 0) is 35.8 Å². The van der Waals surface area contributed by atoms with E-state index in [9.17, 15) is 8.42 Å². The van der Waals surface area contributed by atoms with Crippen molar-refractivity contribution in [1.82, 2.24) is 9.97 Å². The van der Waals surface area contributed by atoms with Crippen molar-refractivity contribution in [3.05, 3.63) is 66.5 Å². The van der Waals surface area contributed by atoms with Crippen LogP contribution < -0.4 is 4.90 Å². The molecule has 0 unspecified atom stereocenters. The average molecular weight is 365 g/mol. The van der Waals surface area contributed by atoms with Gasteiger partial charge in [0, 0.05) is 24.7 Å². The SMILES string of the molecule is CS(=O)(=O)c1ccc2ncnc(N3CC=C(c4ccccc4)CC3)c2c1. The summed E-state index contributed by atoms with van der Waals surface area (Å²) in [6, 6.07) is 15.4. The lowest BCUT2D eigenvalue weighted by molar-refractivity contribution is 0.602. The van der Waals surface area contributed by atoms with E-state index in [1.165, 1.54) is 23.7 Å². The zero-order valence-corrected chi connectivity index (χ0v) is 15.3. The smallest absolute Gasteiger partial charge is 0.175 e. The third kappa shape index (κ3) is 3.20. The molecular weight excluding hydrogens is 346 g/mol. The highest BCUT2D eigenvalue weighted by Crippen LogP contribution is 2.29. The van der Waals surface area contributed by atoms with Gasteiger partial charge in [-0.25, -0.2) is 18.4 Å². The number of hydrogen-bond donors (Lipinski definition) is 0. The number of benzene rings is 2. The highest BCUT2D eigenvalue weighted by atomic mass is 32.2. The van der Waals surface area contributed by atoms with Crippen molar-refractivity contribution in [2.24, 2.45) is 0 Å². The maximum Gasteiger partial charge on any atom is 0.175 e. The molecule has 2 aromatic carbocycles. The van der Waals surface area contributed by atoms with Crippen molar-refractivity contribution in [2.75, 3.05) is 24.2 Å². The van der Waals surface area contributed by atoms with E-state index in [0.29, 0.717) is 4.90 Å². The second-order valence-electron chi connectivity index (χ2n) is 6.44. The fraction of sp³-hybridized carbons (Fsp3) is 0.200. The van der Waals surface area contributed by atoms with Crippen molar-refractivity contribution in [3.8, 4) is 0 Å². The molecule has 0 bridgehead atoms. The Kier molecular flexibility index (Phi) is 4.20. The van der Waals surface area contributed by atoms with Crippen LogP contribution in [0.3, 0.4) is 0 Å². The van der Waals surface area contributed by atoms with Crippen LogP contribution in [0.15, 0.2) is 65.8 Å². The maximum absolute atomic E-state index is 11.9. The lowest BCUT2D eigenvalue weighted by atomic mass is 9.99. The van der Waals surface area contributed by atoms with Gasteiger partial charge in [-0.15, -0.1) is 0 Å². The summed E-state index contributed by atoms with van der Waals surface area (Å²) in [5.41, 5.74) is 3.33. The Bertz CT molecular complexity index is 1090. The molecule has 0 fully saturated rings. The van der Waals surface area contributed by atoms with Gasteiger partial charge in [0.15, 0.2) is 9.84 Å². The van der Waals surface area contributed by atoms with Crippen LogP contribution in [-0.2, 0) is 9.84 Å². The largest absolute Gasteiger partial charge is 0.352 e. The van der Waals surface area contributed by atoms with E-state index in [0.717, 1.165) is 36.2 Å². The van der Waals surface area contributed by atoms with E-state index >= 15 is 0 Å². The minimum Gasteiger partial charge on any atom is -0.352 e. The molecule has 1 aliphatic heterocycles. The topological polar surface area (TPSA) is 63.2 Å². The van der Waals surface area contributed by atoms with Gasteiger partial charge in [-0.3, -0.25) is 0 Å². The molecule has 0 saturated carbocycles. The van der Waals surface area contributed by atoms with Gasteiger partial charge in [0.1, 0.15) is 12.1 Å². The molecule has 0 aliphatic carbocycles. The molecule has 0 radical (unpaired) electrons. The molecule has 132 valence electrons. The van der Waals surface area contributed by atoms with Crippen molar-refractivity contribution in [2.45, 2.75) is 11.3 Å². The third-order valence-corrected chi connectivity index (χ3v) is 5.78. The molecule has 26 heavy (non-hydrogen) atoms. The van der Waals surface area contributed by atoms with Crippen LogP contribution in [0, 0.1) is 0 Å². The number of nitrogens with zero attached hydrogens (tertiary/aromatic N) is 3. The monoisotopic (exact) mass is 365 g/mol. The Morgan fingerprint density at radius 3 is 2.54 bits per heavy atom. The quantitative estimate of drug-likeness (QED) is 0.712. The molecule has 0 saturated heterocycles. The maximum atomic E-state index is 11.9. The number of fused-ring (bicyclic) bond motifs is 1. The molecular formula is C20H19N3O2S. The van der Waals surface area contributed by atoms with Crippen LogP contribution >= 0.6 is 0 Å². The van der Waals surface area contributed by atoms with Crippen LogP contribution in [0.25, 0.3) is 16.5 Å². The molecule has 1 aliphatic rings. The van der Waals surface area contributed by atoms with Gasteiger partial charge in [-0.2, -0.15) is 0 Å². The van der Waals surface area contributed by atoms with Gasteiger partial charge in [0.25, 0.3) is 0 Å². The number of aromatic nitrogens is 2. The zero-order valence-electron chi connectivity index (χ0n) is 14.5. The summed E-state index contributed by atoms with van der Waals surface area (Å²) < 4.78 is 23.8. The van der Waals surface area contributed by atoms with Crippen LogP contribution in [0.4, 0.5) is 5.82 Å². The first-order chi connectivity index (χ1) is 12.5. The van der Waals surface area contributed by atoms with Gasteiger partial charge >= 0.3 is 0 Å². The fourth-order valence-corrected chi connectivity index (χ4v) is 3.93. The predicted octanol–water partition coefficient (Wildman–Crippen LogP) is 3.33. The van der Waals surface area contributed by atoms with Crippen LogP contribution in [0.2, 0.25) is 0 Å². The normalized spacial score (nSPS) is 15.1. The van der Waals surface area contributed by atoms with Crippen LogP contribution in [-0.4, -0.2) is 37.7 Å². The zero-order chi connectivity index (χ0) is 18.1. The predicted molar refractivity (Wildman–Crippen MR) is 104 cm³/mol. The third-order valence-electron chi connectivity index (χ3n) is 4.67. The van der Waals surface area contributed by atoms with E-state index < -0.39 is 9.84 Å². The number of sulfone groups is 1. The summed E-state index contributed by atoms with van der Waals surface area (Å²) in [5, 5.41) is 0.770. The van der Waals surface area contributed by atoms with E-state index in [4.69, 9.17) is 0 Å². The molecule has 4 rings (SSSR count). The highest BCUT2D eigenvalue weighted by molar-refractivity contribution is 7.90. The molecule has 5 nitrogen and oxygen atoms in total. The van der Waals surface area contributed by atoms with Gasteiger partial charge in [-0.1, -0.05) is 36.4 Å². The molecule has 0 atom stereocenters. The van der Waals surface area contributed by atoms with E-state index in [1.54, 1.807) is 18.2 Å². The first kappa shape index (κ1) is 16.7. The summed E-state index contributed by atoms with van der Waals surface area (Å²) in [5.74, 6) is 0.781. The standard InChI is InChI=1S/C20H19N3O2S/c1-26(24,25)17-7-8-19-18(13-17)20(22-14-21-19)23-11-9-16(10-12-23)15-5-3-2-4-6-15/h2-9,13-14H,10-12H2,1H3. The number of rotatable bonds is 3. The molecule has 2 heterocycles. The van der Waals surface area contributed by atoms with Gasteiger partial charge in [0.05, 0.1) is 10.4 Å². The second kappa shape index (κ2) is 6.53. The molecule has 0 spiro atoms.